The van der Waals surface area contributed by atoms with Crippen molar-refractivity contribution in [2.24, 2.45) is 5.41 Å². The zero-order valence-corrected chi connectivity index (χ0v) is 12.4. The van der Waals surface area contributed by atoms with E-state index in [2.05, 4.69) is 0 Å². The number of hydrogen-bond donors (Lipinski definition) is 0. The van der Waals surface area contributed by atoms with Crippen molar-refractivity contribution in [3.05, 3.63) is 0 Å². The predicted molar refractivity (Wildman–Crippen MR) is 70.5 cm³/mol. The lowest BCUT2D eigenvalue weighted by Gasteiger charge is -2.43. The molecule has 6 heteroatoms. The van der Waals surface area contributed by atoms with Gasteiger partial charge in [-0.3, -0.25) is 0 Å². The van der Waals surface area contributed by atoms with Crippen LogP contribution >= 0.6 is 0 Å². The molecule has 1 spiro atoms. The molecule has 0 amide bonds. The first-order valence-corrected chi connectivity index (χ1v) is 8.02. The quantitative estimate of drug-likeness (QED) is 0.775. The van der Waals surface area contributed by atoms with Gasteiger partial charge in [0.1, 0.15) is 0 Å². The zero-order chi connectivity index (χ0) is 13.4. The van der Waals surface area contributed by atoms with Crippen LogP contribution in [0.5, 0.6) is 0 Å². The fourth-order valence-electron chi connectivity index (χ4n) is 3.49. The third-order valence-electron chi connectivity index (χ3n) is 4.47. The molecule has 2 atom stereocenters. The van der Waals surface area contributed by atoms with Gasteiger partial charge in [-0.1, -0.05) is 6.42 Å². The van der Waals surface area contributed by atoms with Crippen LogP contribution in [0.4, 0.5) is 0 Å². The molecule has 5 nitrogen and oxygen atoms in total. The van der Waals surface area contributed by atoms with E-state index in [1.807, 2.05) is 0 Å². The van der Waals surface area contributed by atoms with Gasteiger partial charge in [-0.15, -0.1) is 0 Å². The topological polar surface area (TPSA) is 49.9 Å². The molecule has 1 aliphatic heterocycles. The predicted octanol–water partition coefficient (Wildman–Crippen LogP) is 1.07. The Kier molecular flexibility index (Phi) is 4.02. The second-order valence-electron chi connectivity index (χ2n) is 5.71. The van der Waals surface area contributed by atoms with E-state index in [0.29, 0.717) is 13.1 Å². The third kappa shape index (κ3) is 2.31. The fourth-order valence-corrected chi connectivity index (χ4v) is 4.73. The monoisotopic (exact) mass is 276 g/mol. The summed E-state index contributed by atoms with van der Waals surface area (Å²) in [5.74, 6) is 0. The van der Waals surface area contributed by atoms with Crippen molar-refractivity contribution >= 4 is 10.2 Å². The van der Waals surface area contributed by atoms with Crippen molar-refractivity contribution in [1.82, 2.24) is 8.61 Å². The number of methoxy groups -OCH3 is 1. The minimum absolute atomic E-state index is 0.0517. The van der Waals surface area contributed by atoms with Crippen LogP contribution in [0, 0.1) is 5.41 Å². The van der Waals surface area contributed by atoms with Gasteiger partial charge in [0.25, 0.3) is 10.2 Å². The van der Waals surface area contributed by atoms with Crippen molar-refractivity contribution in [2.45, 2.75) is 38.2 Å². The minimum atomic E-state index is -3.28. The molecule has 2 rings (SSSR count). The van der Waals surface area contributed by atoms with Gasteiger partial charge in [-0.25, -0.2) is 0 Å². The first kappa shape index (κ1) is 14.2. The summed E-state index contributed by atoms with van der Waals surface area (Å²) in [5, 5.41) is 0. The number of hydrogen-bond acceptors (Lipinski definition) is 3. The molecule has 1 heterocycles. The van der Waals surface area contributed by atoms with Crippen LogP contribution in [0.15, 0.2) is 0 Å². The Morgan fingerprint density at radius 2 is 1.94 bits per heavy atom. The molecule has 0 N–H and O–H groups in total. The van der Waals surface area contributed by atoms with E-state index in [-0.39, 0.29) is 11.5 Å². The summed E-state index contributed by atoms with van der Waals surface area (Å²) in [7, 11) is 1.66. The molecule has 0 aromatic carbocycles. The van der Waals surface area contributed by atoms with Crippen molar-refractivity contribution in [2.75, 3.05) is 34.3 Å². The Morgan fingerprint density at radius 3 is 2.56 bits per heavy atom. The van der Waals surface area contributed by atoms with E-state index in [0.717, 1.165) is 32.1 Å². The molecule has 0 aromatic heterocycles. The number of rotatable bonds is 3. The molecule has 2 fully saturated rings. The summed E-state index contributed by atoms with van der Waals surface area (Å²) < 4.78 is 33.0. The van der Waals surface area contributed by atoms with Gasteiger partial charge >= 0.3 is 0 Å². The van der Waals surface area contributed by atoms with Gasteiger partial charge in [0, 0.05) is 39.7 Å². The standard InChI is InChI=1S/C12H24N2O3S/c1-13(2)18(15,16)14-9-5-8-12(10-14)7-4-6-11(12)17-3/h11H,4-10H2,1-3H3/t11-,12-/m1/s1. The summed E-state index contributed by atoms with van der Waals surface area (Å²) in [6.07, 6.45) is 5.54. The smallest absolute Gasteiger partial charge is 0.281 e. The Hall–Kier alpha value is -0.170. The Balaban J connectivity index is 2.19. The number of nitrogens with zero attached hydrogens (tertiary/aromatic N) is 2. The molecule has 0 unspecified atom stereocenters. The normalized spacial score (nSPS) is 34.6. The van der Waals surface area contributed by atoms with Crippen LogP contribution in [-0.4, -0.2) is 57.4 Å². The molecule has 2 aliphatic rings. The molecular formula is C12H24N2O3S. The lowest BCUT2D eigenvalue weighted by molar-refractivity contribution is -0.0191. The van der Waals surface area contributed by atoms with Crippen LogP contribution in [0.1, 0.15) is 32.1 Å². The van der Waals surface area contributed by atoms with E-state index in [1.165, 1.54) is 4.31 Å². The van der Waals surface area contributed by atoms with E-state index >= 15 is 0 Å². The van der Waals surface area contributed by atoms with Crippen molar-refractivity contribution < 1.29 is 13.2 Å². The summed E-state index contributed by atoms with van der Waals surface area (Å²) in [5.41, 5.74) is 0.0517. The molecular weight excluding hydrogens is 252 g/mol. The summed E-state index contributed by atoms with van der Waals surface area (Å²) in [6.45, 7) is 1.25. The van der Waals surface area contributed by atoms with Crippen molar-refractivity contribution in [1.29, 1.82) is 0 Å². The van der Waals surface area contributed by atoms with Gasteiger partial charge in [-0.05, 0) is 25.7 Å². The highest BCUT2D eigenvalue weighted by molar-refractivity contribution is 7.86. The highest BCUT2D eigenvalue weighted by Gasteiger charge is 2.48. The Bertz CT molecular complexity index is 396. The molecule has 1 saturated carbocycles. The Labute approximate surface area is 110 Å². The SMILES string of the molecule is CO[C@@H]1CCC[C@]12CCCN(S(=O)(=O)N(C)C)C2. The van der Waals surface area contributed by atoms with Crippen molar-refractivity contribution in [3.63, 3.8) is 0 Å². The molecule has 18 heavy (non-hydrogen) atoms. The third-order valence-corrected chi connectivity index (χ3v) is 6.36. The molecule has 1 aliphatic carbocycles. The zero-order valence-electron chi connectivity index (χ0n) is 11.6. The molecule has 0 bridgehead atoms. The van der Waals surface area contributed by atoms with E-state index in [9.17, 15) is 8.42 Å². The van der Waals surface area contributed by atoms with Crippen LogP contribution in [0.3, 0.4) is 0 Å². The van der Waals surface area contributed by atoms with E-state index in [1.54, 1.807) is 25.5 Å². The highest BCUT2D eigenvalue weighted by atomic mass is 32.2. The van der Waals surface area contributed by atoms with Crippen LogP contribution in [0.25, 0.3) is 0 Å². The highest BCUT2D eigenvalue weighted by Crippen LogP contribution is 2.46. The summed E-state index contributed by atoms with van der Waals surface area (Å²) in [6, 6.07) is 0. The van der Waals surface area contributed by atoms with Gasteiger partial charge in [0.15, 0.2) is 0 Å². The van der Waals surface area contributed by atoms with Crippen LogP contribution in [-0.2, 0) is 14.9 Å². The second kappa shape index (κ2) is 5.07. The van der Waals surface area contributed by atoms with Crippen LogP contribution in [0.2, 0.25) is 0 Å². The lowest BCUT2D eigenvalue weighted by atomic mass is 9.77. The largest absolute Gasteiger partial charge is 0.381 e. The molecule has 106 valence electrons. The van der Waals surface area contributed by atoms with E-state index in [4.69, 9.17) is 4.74 Å². The minimum Gasteiger partial charge on any atom is -0.381 e. The maximum atomic E-state index is 12.2. The van der Waals surface area contributed by atoms with Gasteiger partial charge in [0.05, 0.1) is 6.10 Å². The summed E-state index contributed by atoms with van der Waals surface area (Å²) in [4.78, 5) is 0. The summed E-state index contributed by atoms with van der Waals surface area (Å²) >= 11 is 0. The molecule has 1 saturated heterocycles. The van der Waals surface area contributed by atoms with Gasteiger partial charge in [0.2, 0.25) is 0 Å². The first-order chi connectivity index (χ1) is 8.42. The van der Waals surface area contributed by atoms with E-state index < -0.39 is 10.2 Å². The maximum absolute atomic E-state index is 12.2. The maximum Gasteiger partial charge on any atom is 0.281 e. The average molecular weight is 276 g/mol. The molecule has 0 radical (unpaired) electrons. The van der Waals surface area contributed by atoms with Crippen molar-refractivity contribution in [3.8, 4) is 0 Å². The van der Waals surface area contributed by atoms with Gasteiger partial charge < -0.3 is 4.74 Å². The Morgan fingerprint density at radius 1 is 1.28 bits per heavy atom. The van der Waals surface area contributed by atoms with Gasteiger partial charge in [-0.2, -0.15) is 17.0 Å². The average Bonchev–Trinajstić information content (AvgIpc) is 2.71. The first-order valence-electron chi connectivity index (χ1n) is 6.63. The fraction of sp³-hybridized carbons (Fsp3) is 1.00. The second-order valence-corrected chi connectivity index (χ2v) is 7.85. The van der Waals surface area contributed by atoms with Crippen LogP contribution < -0.4 is 0 Å². The molecule has 0 aromatic rings. The number of ether oxygens (including phenoxy) is 1. The number of piperidine rings is 1. The lowest BCUT2D eigenvalue weighted by Crippen LogP contribution is -2.52.